The molecule has 0 bridgehead atoms. The van der Waals surface area contributed by atoms with Gasteiger partial charge in [0.15, 0.2) is 0 Å². The Morgan fingerprint density at radius 2 is 2.00 bits per heavy atom. The summed E-state index contributed by atoms with van der Waals surface area (Å²) >= 11 is 0. The van der Waals surface area contributed by atoms with Crippen LogP contribution in [0.25, 0.3) is 0 Å². The number of esters is 1. The quantitative estimate of drug-likeness (QED) is 0.631. The van der Waals surface area contributed by atoms with Crippen LogP contribution in [-0.4, -0.2) is 16.9 Å². The second kappa shape index (κ2) is 5.82. The Balaban J connectivity index is 2.85. The molecule has 3 heteroatoms. The predicted octanol–water partition coefficient (Wildman–Crippen LogP) is 2.91. The summed E-state index contributed by atoms with van der Waals surface area (Å²) in [5.74, 6) is -1.90. The van der Waals surface area contributed by atoms with Gasteiger partial charge < -0.3 is 9.84 Å². The highest BCUT2D eigenvalue weighted by Crippen LogP contribution is 2.16. The van der Waals surface area contributed by atoms with Crippen molar-refractivity contribution in [1.82, 2.24) is 0 Å². The minimum atomic E-state index is -1.44. The Kier molecular flexibility index (Phi) is 4.70. The van der Waals surface area contributed by atoms with Crippen LogP contribution in [0, 0.1) is 0 Å². The van der Waals surface area contributed by atoms with Crippen LogP contribution in [0.1, 0.15) is 49.5 Å². The largest absolute Gasteiger partial charge is 0.430 e. The maximum absolute atomic E-state index is 11.9. The first kappa shape index (κ1) is 13.7. The van der Waals surface area contributed by atoms with E-state index in [1.807, 2.05) is 12.1 Å². The molecule has 0 unspecified atom stereocenters. The summed E-state index contributed by atoms with van der Waals surface area (Å²) in [6.45, 7) is 5.00. The summed E-state index contributed by atoms with van der Waals surface area (Å²) in [5, 5.41) is 9.47. The zero-order chi connectivity index (χ0) is 12.9. The van der Waals surface area contributed by atoms with Gasteiger partial charge in [-0.1, -0.05) is 31.5 Å². The Labute approximate surface area is 102 Å². The average Bonchev–Trinajstić information content (AvgIpc) is 2.24. The van der Waals surface area contributed by atoms with Crippen molar-refractivity contribution >= 4 is 5.97 Å². The molecule has 0 radical (unpaired) electrons. The molecule has 0 aliphatic carbocycles. The molecule has 0 saturated carbocycles. The van der Waals surface area contributed by atoms with E-state index in [1.54, 1.807) is 12.1 Å². The Morgan fingerprint density at radius 3 is 2.59 bits per heavy atom. The van der Waals surface area contributed by atoms with Crippen molar-refractivity contribution in [3.8, 4) is 0 Å². The van der Waals surface area contributed by atoms with Gasteiger partial charge in [0.2, 0.25) is 5.79 Å². The summed E-state index contributed by atoms with van der Waals surface area (Å²) < 4.78 is 4.96. The maximum atomic E-state index is 11.9. The second-order valence-corrected chi connectivity index (χ2v) is 4.60. The van der Waals surface area contributed by atoms with Gasteiger partial charge in [0.25, 0.3) is 0 Å². The number of aliphatic hydroxyl groups is 1. The minimum Gasteiger partial charge on any atom is -0.430 e. The first-order chi connectivity index (χ1) is 7.94. The molecule has 0 aliphatic heterocycles. The summed E-state index contributed by atoms with van der Waals surface area (Å²) in [7, 11) is 0. The molecule has 1 N–H and O–H groups in total. The minimum absolute atomic E-state index is 0.468. The molecular weight excluding hydrogens is 216 g/mol. The Hall–Kier alpha value is -1.35. The molecule has 1 aromatic carbocycles. The monoisotopic (exact) mass is 236 g/mol. The topological polar surface area (TPSA) is 46.5 Å². The van der Waals surface area contributed by atoms with Crippen LogP contribution < -0.4 is 0 Å². The van der Waals surface area contributed by atoms with Crippen molar-refractivity contribution in [2.45, 2.75) is 45.8 Å². The van der Waals surface area contributed by atoms with Crippen LogP contribution in [-0.2, 0) is 11.2 Å². The Morgan fingerprint density at radius 1 is 1.35 bits per heavy atom. The van der Waals surface area contributed by atoms with Crippen molar-refractivity contribution in [2.75, 3.05) is 0 Å². The summed E-state index contributed by atoms with van der Waals surface area (Å²) in [6, 6.07) is 7.37. The van der Waals surface area contributed by atoms with E-state index in [2.05, 4.69) is 6.92 Å². The highest BCUT2D eigenvalue weighted by molar-refractivity contribution is 5.91. The van der Waals surface area contributed by atoms with E-state index in [0.717, 1.165) is 24.8 Å². The smallest absolute Gasteiger partial charge is 0.340 e. The number of carbonyl (C=O) groups excluding carboxylic acids is 1. The van der Waals surface area contributed by atoms with E-state index >= 15 is 0 Å². The van der Waals surface area contributed by atoms with Crippen molar-refractivity contribution < 1.29 is 14.6 Å². The number of rotatable bonds is 5. The van der Waals surface area contributed by atoms with Gasteiger partial charge in [-0.05, 0) is 24.5 Å². The number of ether oxygens (including phenoxy) is 1. The molecule has 3 nitrogen and oxygen atoms in total. The van der Waals surface area contributed by atoms with Gasteiger partial charge >= 0.3 is 5.97 Å². The molecule has 1 aromatic rings. The molecule has 0 heterocycles. The lowest BCUT2D eigenvalue weighted by molar-refractivity contribution is -0.136. The molecule has 94 valence electrons. The molecule has 0 atom stereocenters. The highest BCUT2D eigenvalue weighted by Gasteiger charge is 2.21. The second-order valence-electron chi connectivity index (χ2n) is 4.60. The standard InChI is InChI=1S/C14H20O3/c1-4-5-8-11-9-6-7-10-12(11)13(15)17-14(2,3)16/h6-7,9-10,16H,4-5,8H2,1-3H3. The zero-order valence-electron chi connectivity index (χ0n) is 10.7. The van der Waals surface area contributed by atoms with Crippen LogP contribution in [0.4, 0.5) is 0 Å². The molecule has 0 aromatic heterocycles. The van der Waals surface area contributed by atoms with Gasteiger partial charge in [-0.3, -0.25) is 0 Å². The lowest BCUT2D eigenvalue weighted by Gasteiger charge is -2.19. The molecule has 0 spiro atoms. The van der Waals surface area contributed by atoms with Crippen LogP contribution in [0.3, 0.4) is 0 Å². The summed E-state index contributed by atoms with van der Waals surface area (Å²) in [5.41, 5.74) is 1.52. The fourth-order valence-corrected chi connectivity index (χ4v) is 1.59. The summed E-state index contributed by atoms with van der Waals surface area (Å²) in [6.07, 6.45) is 2.97. The van der Waals surface area contributed by atoms with Crippen molar-refractivity contribution in [2.24, 2.45) is 0 Å². The van der Waals surface area contributed by atoms with Gasteiger partial charge in [0.1, 0.15) is 0 Å². The van der Waals surface area contributed by atoms with Crippen LogP contribution in [0.15, 0.2) is 24.3 Å². The van der Waals surface area contributed by atoms with E-state index in [-0.39, 0.29) is 0 Å². The number of benzene rings is 1. The van der Waals surface area contributed by atoms with Crippen LogP contribution in [0.5, 0.6) is 0 Å². The lowest BCUT2D eigenvalue weighted by atomic mass is 10.0. The molecule has 0 saturated heterocycles. The number of unbranched alkanes of at least 4 members (excludes halogenated alkanes) is 1. The van der Waals surface area contributed by atoms with Crippen LogP contribution in [0.2, 0.25) is 0 Å². The third-order valence-corrected chi connectivity index (χ3v) is 2.38. The number of aryl methyl sites for hydroxylation is 1. The predicted molar refractivity (Wildman–Crippen MR) is 66.8 cm³/mol. The molecule has 0 amide bonds. The van der Waals surface area contributed by atoms with Crippen molar-refractivity contribution in [3.63, 3.8) is 0 Å². The third-order valence-electron chi connectivity index (χ3n) is 2.38. The molecule has 17 heavy (non-hydrogen) atoms. The van der Waals surface area contributed by atoms with E-state index in [4.69, 9.17) is 4.74 Å². The number of hydrogen-bond acceptors (Lipinski definition) is 3. The molecule has 0 aliphatic rings. The molecule has 0 fully saturated rings. The van der Waals surface area contributed by atoms with Crippen LogP contribution >= 0.6 is 0 Å². The van der Waals surface area contributed by atoms with Crippen molar-refractivity contribution in [3.05, 3.63) is 35.4 Å². The maximum Gasteiger partial charge on any atom is 0.340 e. The van der Waals surface area contributed by atoms with E-state index in [9.17, 15) is 9.90 Å². The Bertz CT molecular complexity index is 377. The fourth-order valence-electron chi connectivity index (χ4n) is 1.59. The highest BCUT2D eigenvalue weighted by atomic mass is 16.7. The van der Waals surface area contributed by atoms with Gasteiger partial charge in [-0.2, -0.15) is 0 Å². The molecule has 1 rings (SSSR count). The lowest BCUT2D eigenvalue weighted by Crippen LogP contribution is -2.27. The van der Waals surface area contributed by atoms with E-state index in [1.165, 1.54) is 13.8 Å². The van der Waals surface area contributed by atoms with Crippen molar-refractivity contribution in [1.29, 1.82) is 0 Å². The van der Waals surface area contributed by atoms with Gasteiger partial charge in [0.05, 0.1) is 5.56 Å². The van der Waals surface area contributed by atoms with E-state index < -0.39 is 11.8 Å². The normalized spacial score (nSPS) is 11.3. The van der Waals surface area contributed by atoms with Gasteiger partial charge in [0, 0.05) is 13.8 Å². The number of carbonyl (C=O) groups is 1. The zero-order valence-corrected chi connectivity index (χ0v) is 10.7. The van der Waals surface area contributed by atoms with Gasteiger partial charge in [-0.15, -0.1) is 0 Å². The van der Waals surface area contributed by atoms with E-state index in [0.29, 0.717) is 5.56 Å². The fraction of sp³-hybridized carbons (Fsp3) is 0.500. The first-order valence-electron chi connectivity index (χ1n) is 5.97. The summed E-state index contributed by atoms with van der Waals surface area (Å²) in [4.78, 5) is 11.9. The first-order valence-corrected chi connectivity index (χ1v) is 5.97. The number of hydrogen-bond donors (Lipinski definition) is 1. The van der Waals surface area contributed by atoms with Gasteiger partial charge in [-0.25, -0.2) is 4.79 Å². The average molecular weight is 236 g/mol. The molecular formula is C14H20O3. The SMILES string of the molecule is CCCCc1ccccc1C(=O)OC(C)(C)O. The third kappa shape index (κ3) is 4.57.